The summed E-state index contributed by atoms with van der Waals surface area (Å²) >= 11 is 1.17. The van der Waals surface area contributed by atoms with E-state index in [0.717, 1.165) is 16.8 Å². The van der Waals surface area contributed by atoms with Crippen LogP contribution in [0.5, 0.6) is 0 Å². The Morgan fingerprint density at radius 3 is 2.62 bits per heavy atom. The Labute approximate surface area is 171 Å². The molecule has 0 saturated heterocycles. The molecule has 0 aliphatic carbocycles. The highest BCUT2D eigenvalue weighted by atomic mass is 32.2. The molecule has 3 aromatic rings. The number of aryl methyl sites for hydroxylation is 1. The average molecular weight is 413 g/mol. The van der Waals surface area contributed by atoms with E-state index in [9.17, 15) is 14.9 Å². The van der Waals surface area contributed by atoms with Crippen LogP contribution in [0.15, 0.2) is 58.2 Å². The van der Waals surface area contributed by atoms with Crippen LogP contribution >= 0.6 is 11.8 Å². The zero-order valence-corrected chi connectivity index (χ0v) is 16.4. The van der Waals surface area contributed by atoms with Crippen molar-refractivity contribution in [3.8, 4) is 11.5 Å². The van der Waals surface area contributed by atoms with Crippen molar-refractivity contribution in [1.29, 1.82) is 0 Å². The number of thioether (sulfide) groups is 1. The summed E-state index contributed by atoms with van der Waals surface area (Å²) in [6, 6.07) is 13.8. The van der Waals surface area contributed by atoms with Gasteiger partial charge in [0.05, 0.1) is 10.7 Å². The van der Waals surface area contributed by atoms with Crippen LogP contribution in [0.3, 0.4) is 0 Å². The molecule has 0 atom stereocenters. The molecule has 1 aromatic heterocycles. The average Bonchev–Trinajstić information content (AvgIpc) is 3.19. The lowest BCUT2D eigenvalue weighted by Gasteiger charge is -2.07. The molecule has 9 nitrogen and oxygen atoms in total. The topological polar surface area (TPSA) is 123 Å². The minimum atomic E-state index is -0.449. The first-order valence-corrected chi connectivity index (χ1v) is 9.79. The van der Waals surface area contributed by atoms with Gasteiger partial charge in [0.2, 0.25) is 11.8 Å². The van der Waals surface area contributed by atoms with E-state index < -0.39 is 4.92 Å². The van der Waals surface area contributed by atoms with E-state index in [2.05, 4.69) is 20.8 Å². The zero-order chi connectivity index (χ0) is 20.6. The van der Waals surface area contributed by atoms with E-state index in [1.807, 2.05) is 31.2 Å². The number of nitro groups is 1. The third-order valence-corrected chi connectivity index (χ3v) is 4.78. The normalized spacial score (nSPS) is 10.5. The molecule has 0 saturated carbocycles. The molecule has 2 aromatic carbocycles. The van der Waals surface area contributed by atoms with Gasteiger partial charge < -0.3 is 15.1 Å². The predicted molar refractivity (Wildman–Crippen MR) is 110 cm³/mol. The molecule has 29 heavy (non-hydrogen) atoms. The minimum Gasteiger partial charge on any atom is -0.411 e. The number of carbonyl (C=O) groups is 1. The molecular weight excluding hydrogens is 394 g/mol. The fraction of sp³-hybridized carbons (Fsp3) is 0.211. The minimum absolute atomic E-state index is 0.0347. The third kappa shape index (κ3) is 5.79. The number of benzene rings is 2. The summed E-state index contributed by atoms with van der Waals surface area (Å²) in [5.74, 6) is 0.432. The number of nitrogens with zero attached hydrogens (tertiary/aromatic N) is 3. The van der Waals surface area contributed by atoms with Crippen molar-refractivity contribution in [3.63, 3.8) is 0 Å². The molecule has 0 radical (unpaired) electrons. The van der Waals surface area contributed by atoms with Crippen molar-refractivity contribution in [2.45, 2.75) is 12.1 Å². The second kappa shape index (κ2) is 9.69. The summed E-state index contributed by atoms with van der Waals surface area (Å²) in [5.41, 5.74) is 2.68. The fourth-order valence-electron chi connectivity index (χ4n) is 2.48. The quantitative estimate of drug-likeness (QED) is 0.237. The van der Waals surface area contributed by atoms with E-state index in [-0.39, 0.29) is 17.3 Å². The second-order valence-corrected chi connectivity index (χ2v) is 6.98. The lowest BCUT2D eigenvalue weighted by atomic mass is 10.1. The van der Waals surface area contributed by atoms with Crippen LogP contribution in [-0.4, -0.2) is 39.9 Å². The first-order valence-electron chi connectivity index (χ1n) is 8.80. The van der Waals surface area contributed by atoms with Crippen LogP contribution < -0.4 is 10.6 Å². The van der Waals surface area contributed by atoms with Crippen molar-refractivity contribution < 1.29 is 14.1 Å². The Morgan fingerprint density at radius 2 is 1.90 bits per heavy atom. The SMILES string of the molecule is Cc1ccccc1-c1nnc(SCC(=O)NCCNc2ccc([N+](=O)[O-])cc2)o1. The molecule has 0 bridgehead atoms. The summed E-state index contributed by atoms with van der Waals surface area (Å²) in [5, 5.41) is 24.8. The summed E-state index contributed by atoms with van der Waals surface area (Å²) < 4.78 is 5.61. The standard InChI is InChI=1S/C19H19N5O4S/c1-13-4-2-3-5-16(13)18-22-23-19(28-18)29-12-17(25)21-11-10-20-14-6-8-15(9-7-14)24(26)27/h2-9,20H,10-12H2,1H3,(H,21,25). The number of nitrogens with one attached hydrogen (secondary N) is 2. The maximum Gasteiger partial charge on any atom is 0.277 e. The Bertz CT molecular complexity index is 990. The maximum atomic E-state index is 12.0. The van der Waals surface area contributed by atoms with Crippen LogP contribution in [0.1, 0.15) is 5.56 Å². The molecule has 2 N–H and O–H groups in total. The van der Waals surface area contributed by atoms with E-state index in [1.54, 1.807) is 12.1 Å². The highest BCUT2D eigenvalue weighted by Crippen LogP contribution is 2.25. The van der Waals surface area contributed by atoms with Crippen LogP contribution in [0.2, 0.25) is 0 Å². The van der Waals surface area contributed by atoms with Gasteiger partial charge in [-0.1, -0.05) is 30.0 Å². The van der Waals surface area contributed by atoms with E-state index in [4.69, 9.17) is 4.42 Å². The van der Waals surface area contributed by atoms with E-state index >= 15 is 0 Å². The molecule has 150 valence electrons. The monoisotopic (exact) mass is 413 g/mol. The Morgan fingerprint density at radius 1 is 1.14 bits per heavy atom. The largest absolute Gasteiger partial charge is 0.411 e. The van der Waals surface area contributed by atoms with Crippen molar-refractivity contribution >= 4 is 29.0 Å². The van der Waals surface area contributed by atoms with Crippen molar-refractivity contribution in [1.82, 2.24) is 15.5 Å². The molecule has 0 aliphatic rings. The van der Waals surface area contributed by atoms with E-state index in [1.165, 1.54) is 23.9 Å². The van der Waals surface area contributed by atoms with Gasteiger partial charge >= 0.3 is 0 Å². The first kappa shape index (κ1) is 20.3. The number of aromatic nitrogens is 2. The Kier molecular flexibility index (Phi) is 6.80. The van der Waals surface area contributed by atoms with Gasteiger partial charge in [0.25, 0.3) is 10.9 Å². The molecular formula is C19H19N5O4S. The molecule has 10 heteroatoms. The van der Waals surface area contributed by atoms with E-state index in [0.29, 0.717) is 24.2 Å². The van der Waals surface area contributed by atoms with Crippen LogP contribution in [0.25, 0.3) is 11.5 Å². The summed E-state index contributed by atoms with van der Waals surface area (Å²) in [4.78, 5) is 22.1. The van der Waals surface area contributed by atoms with Crippen LogP contribution in [-0.2, 0) is 4.79 Å². The second-order valence-electron chi connectivity index (χ2n) is 6.06. The molecule has 1 heterocycles. The van der Waals surface area contributed by atoms with Gasteiger partial charge in [0, 0.05) is 36.5 Å². The van der Waals surface area contributed by atoms with Gasteiger partial charge in [-0.25, -0.2) is 0 Å². The Balaban J connectivity index is 1.38. The van der Waals surface area contributed by atoms with Gasteiger partial charge in [-0.2, -0.15) is 0 Å². The number of hydrogen-bond donors (Lipinski definition) is 2. The predicted octanol–water partition coefficient (Wildman–Crippen LogP) is 3.27. The van der Waals surface area contributed by atoms with Gasteiger partial charge in [-0.05, 0) is 30.7 Å². The maximum absolute atomic E-state index is 12.0. The highest BCUT2D eigenvalue weighted by molar-refractivity contribution is 7.99. The van der Waals surface area contributed by atoms with Gasteiger partial charge in [-0.3, -0.25) is 14.9 Å². The summed E-state index contributed by atoms with van der Waals surface area (Å²) in [6.45, 7) is 2.87. The smallest absolute Gasteiger partial charge is 0.277 e. The molecule has 0 spiro atoms. The fourth-order valence-corrected chi connectivity index (χ4v) is 3.07. The number of anilines is 1. The number of non-ortho nitro benzene ring substituents is 1. The van der Waals surface area contributed by atoms with Crippen molar-refractivity contribution in [3.05, 3.63) is 64.2 Å². The van der Waals surface area contributed by atoms with Gasteiger partial charge in [-0.15, -0.1) is 10.2 Å². The lowest BCUT2D eigenvalue weighted by molar-refractivity contribution is -0.384. The summed E-state index contributed by atoms with van der Waals surface area (Å²) in [7, 11) is 0. The molecule has 1 amide bonds. The number of amides is 1. The highest BCUT2D eigenvalue weighted by Gasteiger charge is 2.12. The third-order valence-electron chi connectivity index (χ3n) is 3.96. The van der Waals surface area contributed by atoms with Crippen molar-refractivity contribution in [2.24, 2.45) is 0 Å². The van der Waals surface area contributed by atoms with Gasteiger partial charge in [0.15, 0.2) is 0 Å². The van der Waals surface area contributed by atoms with Crippen LogP contribution in [0, 0.1) is 17.0 Å². The van der Waals surface area contributed by atoms with Crippen LogP contribution in [0.4, 0.5) is 11.4 Å². The molecule has 3 rings (SSSR count). The molecule has 0 unspecified atom stereocenters. The lowest BCUT2D eigenvalue weighted by Crippen LogP contribution is -2.30. The number of rotatable bonds is 9. The molecule has 0 fully saturated rings. The first-order chi connectivity index (χ1) is 14.0. The molecule has 0 aliphatic heterocycles. The number of nitro benzene ring substituents is 1. The zero-order valence-electron chi connectivity index (χ0n) is 15.6. The number of hydrogen-bond acceptors (Lipinski definition) is 8. The summed E-state index contributed by atoms with van der Waals surface area (Å²) in [6.07, 6.45) is 0. The number of carbonyl (C=O) groups excluding carboxylic acids is 1. The Hall–Kier alpha value is -3.40. The van der Waals surface area contributed by atoms with Gasteiger partial charge in [0.1, 0.15) is 0 Å². The van der Waals surface area contributed by atoms with Crippen molar-refractivity contribution in [2.75, 3.05) is 24.2 Å².